The Morgan fingerprint density at radius 3 is 3.15 bits per heavy atom. The van der Waals surface area contributed by atoms with Crippen molar-refractivity contribution in [3.8, 4) is 5.75 Å². The van der Waals surface area contributed by atoms with Crippen molar-refractivity contribution in [3.63, 3.8) is 0 Å². The Morgan fingerprint density at radius 1 is 1.40 bits per heavy atom. The highest BCUT2D eigenvalue weighted by atomic mass is 16.5. The molecule has 0 aliphatic heterocycles. The maximum absolute atomic E-state index is 6.26. The van der Waals surface area contributed by atoms with Crippen LogP contribution in [0.3, 0.4) is 0 Å². The number of benzene rings is 1. The summed E-state index contributed by atoms with van der Waals surface area (Å²) >= 11 is 0. The predicted molar refractivity (Wildman–Crippen MR) is 81.2 cm³/mol. The van der Waals surface area contributed by atoms with Crippen molar-refractivity contribution in [3.05, 3.63) is 23.9 Å². The summed E-state index contributed by atoms with van der Waals surface area (Å²) in [4.78, 5) is 0. The maximum Gasteiger partial charge on any atom is 0.123 e. The molecule has 2 aromatic rings. The zero-order valence-corrected chi connectivity index (χ0v) is 12.3. The van der Waals surface area contributed by atoms with Crippen LogP contribution in [0, 0.1) is 6.92 Å². The van der Waals surface area contributed by atoms with E-state index in [2.05, 4.69) is 41.5 Å². The first-order valence-electron chi connectivity index (χ1n) is 7.60. The fourth-order valence-electron chi connectivity index (χ4n) is 3.17. The van der Waals surface area contributed by atoms with Gasteiger partial charge < -0.3 is 10.1 Å². The van der Waals surface area contributed by atoms with Crippen molar-refractivity contribution in [2.45, 2.75) is 51.7 Å². The van der Waals surface area contributed by atoms with Gasteiger partial charge in [-0.15, -0.1) is 0 Å². The van der Waals surface area contributed by atoms with Crippen LogP contribution in [0.5, 0.6) is 5.75 Å². The molecule has 0 saturated heterocycles. The van der Waals surface area contributed by atoms with Gasteiger partial charge in [0.15, 0.2) is 0 Å². The summed E-state index contributed by atoms with van der Waals surface area (Å²) in [6.45, 7) is 5.32. The highest BCUT2D eigenvalue weighted by molar-refractivity contribution is 5.83. The number of aryl methyl sites for hydroxylation is 1. The van der Waals surface area contributed by atoms with E-state index in [1.54, 1.807) is 0 Å². The van der Waals surface area contributed by atoms with E-state index in [4.69, 9.17) is 4.74 Å². The number of nitrogens with zero attached hydrogens (tertiary/aromatic N) is 1. The van der Waals surface area contributed by atoms with E-state index < -0.39 is 0 Å². The van der Waals surface area contributed by atoms with Crippen LogP contribution in [-0.2, 0) is 0 Å². The molecule has 1 aliphatic rings. The van der Waals surface area contributed by atoms with Crippen LogP contribution < -0.4 is 10.1 Å². The second-order valence-electron chi connectivity index (χ2n) is 5.68. The second-order valence-corrected chi connectivity index (χ2v) is 5.68. The van der Waals surface area contributed by atoms with Crippen molar-refractivity contribution < 1.29 is 4.74 Å². The van der Waals surface area contributed by atoms with Gasteiger partial charge in [-0.2, -0.15) is 5.10 Å². The van der Waals surface area contributed by atoms with Crippen LogP contribution in [0.25, 0.3) is 10.9 Å². The Kier molecular flexibility index (Phi) is 3.92. The second kappa shape index (κ2) is 5.83. The summed E-state index contributed by atoms with van der Waals surface area (Å²) in [6.07, 6.45) is 6.99. The topological polar surface area (TPSA) is 49.9 Å². The van der Waals surface area contributed by atoms with E-state index >= 15 is 0 Å². The molecule has 2 atom stereocenters. The average molecular weight is 273 g/mol. The minimum absolute atomic E-state index is 0.329. The number of hydrogen-bond acceptors (Lipinski definition) is 3. The van der Waals surface area contributed by atoms with Crippen molar-refractivity contribution in [1.82, 2.24) is 15.5 Å². The van der Waals surface area contributed by atoms with Crippen LogP contribution in [0.15, 0.2) is 18.3 Å². The van der Waals surface area contributed by atoms with Gasteiger partial charge in [-0.05, 0) is 51.3 Å². The fourth-order valence-corrected chi connectivity index (χ4v) is 3.17. The van der Waals surface area contributed by atoms with Crippen LogP contribution in [0.2, 0.25) is 0 Å². The fraction of sp³-hybridized carbons (Fsp3) is 0.562. The largest absolute Gasteiger partial charge is 0.490 e. The molecule has 0 amide bonds. The van der Waals surface area contributed by atoms with Gasteiger partial charge in [-0.3, -0.25) is 5.10 Å². The predicted octanol–water partition coefficient (Wildman–Crippen LogP) is 3.17. The SMILES string of the molecule is CCN[C@H]1CCC[C@H](Oc2ccc3[nH]ncc3c2C)C1. The molecular formula is C16H23N3O. The summed E-state index contributed by atoms with van der Waals surface area (Å²) in [6, 6.07) is 4.72. The van der Waals surface area contributed by atoms with Crippen LogP contribution in [-0.4, -0.2) is 28.9 Å². The highest BCUT2D eigenvalue weighted by Gasteiger charge is 2.23. The normalized spacial score (nSPS) is 23.1. The molecular weight excluding hydrogens is 250 g/mol. The minimum Gasteiger partial charge on any atom is -0.490 e. The number of ether oxygens (including phenoxy) is 1. The molecule has 0 radical (unpaired) electrons. The van der Waals surface area contributed by atoms with Crippen LogP contribution in [0.4, 0.5) is 0 Å². The molecule has 1 aromatic heterocycles. The zero-order chi connectivity index (χ0) is 13.9. The van der Waals surface area contributed by atoms with Gasteiger partial charge in [0.2, 0.25) is 0 Å². The molecule has 3 rings (SSSR count). The monoisotopic (exact) mass is 273 g/mol. The van der Waals surface area contributed by atoms with Crippen molar-refractivity contribution in [1.29, 1.82) is 0 Å². The average Bonchev–Trinajstić information content (AvgIpc) is 2.92. The van der Waals surface area contributed by atoms with Crippen molar-refractivity contribution in [2.24, 2.45) is 0 Å². The standard InChI is InChI=1S/C16H23N3O/c1-3-17-12-5-4-6-13(9-12)20-16-8-7-15-14(11(16)2)10-18-19-15/h7-8,10,12-13,17H,3-6,9H2,1-2H3,(H,18,19)/t12-,13-/m0/s1. The zero-order valence-electron chi connectivity index (χ0n) is 12.3. The summed E-state index contributed by atoms with van der Waals surface area (Å²) < 4.78 is 6.26. The lowest BCUT2D eigenvalue weighted by molar-refractivity contribution is 0.134. The number of aromatic amines is 1. The van der Waals surface area contributed by atoms with Gasteiger partial charge in [0.25, 0.3) is 0 Å². The highest BCUT2D eigenvalue weighted by Crippen LogP contribution is 2.29. The van der Waals surface area contributed by atoms with E-state index in [-0.39, 0.29) is 0 Å². The first-order chi connectivity index (χ1) is 9.78. The van der Waals surface area contributed by atoms with E-state index in [0.29, 0.717) is 12.1 Å². The molecule has 4 nitrogen and oxygen atoms in total. The molecule has 20 heavy (non-hydrogen) atoms. The number of aromatic nitrogens is 2. The van der Waals surface area contributed by atoms with E-state index in [1.165, 1.54) is 18.4 Å². The summed E-state index contributed by atoms with van der Waals surface area (Å²) in [5, 5.41) is 11.8. The molecule has 1 fully saturated rings. The molecule has 108 valence electrons. The minimum atomic E-state index is 0.329. The Morgan fingerprint density at radius 2 is 2.30 bits per heavy atom. The van der Waals surface area contributed by atoms with E-state index in [0.717, 1.165) is 36.0 Å². The van der Waals surface area contributed by atoms with Gasteiger partial charge in [-0.25, -0.2) is 0 Å². The Labute approximate surface area is 119 Å². The molecule has 0 spiro atoms. The molecule has 1 saturated carbocycles. The third-order valence-electron chi connectivity index (χ3n) is 4.26. The molecule has 4 heteroatoms. The number of hydrogen-bond donors (Lipinski definition) is 2. The first kappa shape index (κ1) is 13.4. The van der Waals surface area contributed by atoms with E-state index in [9.17, 15) is 0 Å². The van der Waals surface area contributed by atoms with Gasteiger partial charge in [0, 0.05) is 17.0 Å². The quantitative estimate of drug-likeness (QED) is 0.899. The summed E-state index contributed by atoms with van der Waals surface area (Å²) in [7, 11) is 0. The number of nitrogens with one attached hydrogen (secondary N) is 2. The summed E-state index contributed by atoms with van der Waals surface area (Å²) in [5.74, 6) is 1.00. The molecule has 1 aliphatic carbocycles. The van der Waals surface area contributed by atoms with E-state index in [1.807, 2.05) is 6.20 Å². The molecule has 0 unspecified atom stereocenters. The Bertz CT molecular complexity index is 576. The molecule has 1 heterocycles. The van der Waals surface area contributed by atoms with Gasteiger partial charge >= 0.3 is 0 Å². The van der Waals surface area contributed by atoms with Crippen LogP contribution >= 0.6 is 0 Å². The van der Waals surface area contributed by atoms with Gasteiger partial charge in [0.1, 0.15) is 11.9 Å². The third-order valence-corrected chi connectivity index (χ3v) is 4.26. The Hall–Kier alpha value is -1.55. The van der Waals surface area contributed by atoms with Gasteiger partial charge in [-0.1, -0.05) is 6.92 Å². The third kappa shape index (κ3) is 2.66. The number of fused-ring (bicyclic) bond motifs is 1. The lowest BCUT2D eigenvalue weighted by Gasteiger charge is -2.30. The summed E-state index contributed by atoms with van der Waals surface area (Å²) in [5.41, 5.74) is 2.26. The molecule has 0 bridgehead atoms. The Balaban J connectivity index is 1.73. The maximum atomic E-state index is 6.26. The molecule has 1 aromatic carbocycles. The lowest BCUT2D eigenvalue weighted by Crippen LogP contribution is -2.38. The van der Waals surface area contributed by atoms with Crippen molar-refractivity contribution in [2.75, 3.05) is 6.54 Å². The molecule has 2 N–H and O–H groups in total. The first-order valence-corrected chi connectivity index (χ1v) is 7.60. The lowest BCUT2D eigenvalue weighted by atomic mass is 9.92. The van der Waals surface area contributed by atoms with Gasteiger partial charge in [0.05, 0.1) is 11.7 Å². The van der Waals surface area contributed by atoms with Crippen LogP contribution in [0.1, 0.15) is 38.2 Å². The number of H-pyrrole nitrogens is 1. The smallest absolute Gasteiger partial charge is 0.123 e. The van der Waals surface area contributed by atoms with Crippen molar-refractivity contribution >= 4 is 10.9 Å². The number of rotatable bonds is 4.